The topological polar surface area (TPSA) is 38.9 Å². The average molecular weight is 268 g/mol. The van der Waals surface area contributed by atoms with Crippen LogP contribution in [-0.4, -0.2) is 10.5 Å². The lowest BCUT2D eigenvalue weighted by Crippen LogP contribution is -2.34. The van der Waals surface area contributed by atoms with Crippen LogP contribution in [0.2, 0.25) is 0 Å². The molecule has 1 aromatic carbocycles. The van der Waals surface area contributed by atoms with Gasteiger partial charge in [-0.2, -0.15) is 0 Å². The number of hydrogen-bond acceptors (Lipinski definition) is 2. The van der Waals surface area contributed by atoms with E-state index < -0.39 is 23.0 Å². The fourth-order valence-electron chi connectivity index (χ4n) is 2.12. The largest absolute Gasteiger partial charge is 0.325 e. The van der Waals surface area contributed by atoms with Gasteiger partial charge < -0.3 is 5.73 Å². The Hall–Kier alpha value is -1.62. The van der Waals surface area contributed by atoms with Gasteiger partial charge in [0.15, 0.2) is 17.5 Å². The Kier molecular flexibility index (Phi) is 3.26. The molecule has 0 amide bonds. The first-order valence-electron chi connectivity index (χ1n) is 5.91. The van der Waals surface area contributed by atoms with Crippen molar-refractivity contribution >= 4 is 10.9 Å². The van der Waals surface area contributed by atoms with Crippen LogP contribution in [0.15, 0.2) is 12.1 Å². The standard InChI is InChI=1S/C14H15F3N2/c1-7-4-8(6-14(2,3)18)9-5-10(15)11(16)12(17)13(9)19-7/h4-5H,6,18H2,1-3H3. The van der Waals surface area contributed by atoms with Gasteiger partial charge in [0.2, 0.25) is 0 Å². The highest BCUT2D eigenvalue weighted by molar-refractivity contribution is 5.83. The van der Waals surface area contributed by atoms with Gasteiger partial charge in [-0.25, -0.2) is 18.2 Å². The van der Waals surface area contributed by atoms with E-state index in [-0.39, 0.29) is 10.9 Å². The Bertz CT molecular complexity index is 645. The van der Waals surface area contributed by atoms with E-state index in [1.165, 1.54) is 0 Å². The van der Waals surface area contributed by atoms with E-state index in [2.05, 4.69) is 4.98 Å². The number of aryl methyl sites for hydroxylation is 1. The first-order valence-corrected chi connectivity index (χ1v) is 5.91. The summed E-state index contributed by atoms with van der Waals surface area (Å²) >= 11 is 0. The van der Waals surface area contributed by atoms with Crippen LogP contribution in [-0.2, 0) is 6.42 Å². The smallest absolute Gasteiger partial charge is 0.196 e. The van der Waals surface area contributed by atoms with Gasteiger partial charge in [-0.15, -0.1) is 0 Å². The second-order valence-corrected chi connectivity index (χ2v) is 5.47. The predicted octanol–water partition coefficient (Wildman–Crippen LogP) is 3.24. The molecule has 0 saturated heterocycles. The molecule has 1 heterocycles. The molecule has 2 N–H and O–H groups in total. The molecule has 0 fully saturated rings. The van der Waals surface area contributed by atoms with Crippen molar-refractivity contribution in [2.24, 2.45) is 5.73 Å². The third-order valence-corrected chi connectivity index (χ3v) is 2.80. The quantitative estimate of drug-likeness (QED) is 0.849. The fourth-order valence-corrected chi connectivity index (χ4v) is 2.12. The second-order valence-electron chi connectivity index (χ2n) is 5.47. The Labute approximate surface area is 109 Å². The summed E-state index contributed by atoms with van der Waals surface area (Å²) in [5.74, 6) is -3.97. The molecular weight excluding hydrogens is 253 g/mol. The minimum Gasteiger partial charge on any atom is -0.325 e. The molecule has 5 heteroatoms. The van der Waals surface area contributed by atoms with E-state index in [0.29, 0.717) is 17.7 Å². The van der Waals surface area contributed by atoms with Crippen molar-refractivity contribution in [1.29, 1.82) is 0 Å². The van der Waals surface area contributed by atoms with Crippen molar-refractivity contribution in [1.82, 2.24) is 4.98 Å². The molecule has 1 aromatic heterocycles. The van der Waals surface area contributed by atoms with Crippen molar-refractivity contribution in [3.8, 4) is 0 Å². The predicted molar refractivity (Wildman–Crippen MR) is 68.3 cm³/mol. The Morgan fingerprint density at radius 1 is 1.16 bits per heavy atom. The molecule has 2 aromatic rings. The van der Waals surface area contributed by atoms with Crippen LogP contribution in [0.3, 0.4) is 0 Å². The van der Waals surface area contributed by atoms with Crippen molar-refractivity contribution in [3.63, 3.8) is 0 Å². The van der Waals surface area contributed by atoms with Gasteiger partial charge in [0.1, 0.15) is 5.52 Å². The lowest BCUT2D eigenvalue weighted by molar-refractivity contribution is 0.452. The van der Waals surface area contributed by atoms with E-state index >= 15 is 0 Å². The zero-order chi connectivity index (χ0) is 14.4. The number of benzene rings is 1. The van der Waals surface area contributed by atoms with Gasteiger partial charge in [-0.1, -0.05) is 0 Å². The normalized spacial score (nSPS) is 12.2. The molecular formula is C14H15F3N2. The lowest BCUT2D eigenvalue weighted by atomic mass is 9.93. The van der Waals surface area contributed by atoms with Crippen molar-refractivity contribution < 1.29 is 13.2 Å². The van der Waals surface area contributed by atoms with E-state index in [1.807, 2.05) is 13.8 Å². The first-order chi connectivity index (χ1) is 8.69. The highest BCUT2D eigenvalue weighted by Crippen LogP contribution is 2.27. The number of rotatable bonds is 2. The van der Waals surface area contributed by atoms with Gasteiger partial charge in [0.25, 0.3) is 0 Å². The van der Waals surface area contributed by atoms with Crippen molar-refractivity contribution in [2.45, 2.75) is 32.7 Å². The molecule has 0 radical (unpaired) electrons. The highest BCUT2D eigenvalue weighted by atomic mass is 19.2. The molecule has 0 spiro atoms. The van der Waals surface area contributed by atoms with Crippen molar-refractivity contribution in [3.05, 3.63) is 40.8 Å². The summed E-state index contributed by atoms with van der Waals surface area (Å²) in [7, 11) is 0. The van der Waals surface area contributed by atoms with Crippen molar-refractivity contribution in [2.75, 3.05) is 0 Å². The van der Waals surface area contributed by atoms with Gasteiger partial charge in [0, 0.05) is 16.6 Å². The summed E-state index contributed by atoms with van der Waals surface area (Å²) in [6.45, 7) is 5.29. The van der Waals surface area contributed by atoms with Gasteiger partial charge >= 0.3 is 0 Å². The first kappa shape index (κ1) is 13.8. The third-order valence-electron chi connectivity index (χ3n) is 2.80. The number of nitrogens with two attached hydrogens (primary N) is 1. The maximum Gasteiger partial charge on any atom is 0.196 e. The molecule has 0 bridgehead atoms. The highest BCUT2D eigenvalue weighted by Gasteiger charge is 2.20. The summed E-state index contributed by atoms with van der Waals surface area (Å²) in [4.78, 5) is 3.95. The summed E-state index contributed by atoms with van der Waals surface area (Å²) in [5.41, 5.74) is 6.44. The second kappa shape index (κ2) is 4.49. The molecule has 0 atom stereocenters. The molecule has 0 aliphatic carbocycles. The fraction of sp³-hybridized carbons (Fsp3) is 0.357. The van der Waals surface area contributed by atoms with E-state index in [0.717, 1.165) is 6.07 Å². The summed E-state index contributed by atoms with van der Waals surface area (Å²) < 4.78 is 40.3. The third kappa shape index (κ3) is 2.71. The molecule has 0 aliphatic rings. The summed E-state index contributed by atoms with van der Waals surface area (Å²) in [6, 6.07) is 2.69. The van der Waals surface area contributed by atoms with Crippen LogP contribution in [0.5, 0.6) is 0 Å². The van der Waals surface area contributed by atoms with E-state index in [1.54, 1.807) is 13.0 Å². The summed E-state index contributed by atoms with van der Waals surface area (Å²) in [5, 5.41) is 0.264. The number of fused-ring (bicyclic) bond motifs is 1. The van der Waals surface area contributed by atoms with Crippen LogP contribution in [0, 0.1) is 24.4 Å². The minimum absolute atomic E-state index is 0.154. The lowest BCUT2D eigenvalue weighted by Gasteiger charge is -2.20. The maximum absolute atomic E-state index is 13.7. The number of halogens is 3. The molecule has 0 aliphatic heterocycles. The number of aromatic nitrogens is 1. The number of hydrogen-bond donors (Lipinski definition) is 1. The number of nitrogens with zero attached hydrogens (tertiary/aromatic N) is 1. The van der Waals surface area contributed by atoms with Gasteiger partial charge in [0.05, 0.1) is 0 Å². The summed E-state index contributed by atoms with van der Waals surface area (Å²) in [6.07, 6.45) is 0.414. The Morgan fingerprint density at radius 2 is 1.79 bits per heavy atom. The molecule has 0 unspecified atom stereocenters. The monoisotopic (exact) mass is 268 g/mol. The van der Waals surface area contributed by atoms with Gasteiger partial charge in [-0.05, 0) is 44.9 Å². The van der Waals surface area contributed by atoms with Crippen LogP contribution in [0.25, 0.3) is 10.9 Å². The molecule has 2 nitrogen and oxygen atoms in total. The number of pyridine rings is 1. The Morgan fingerprint density at radius 3 is 2.37 bits per heavy atom. The average Bonchev–Trinajstić information content (AvgIpc) is 2.26. The van der Waals surface area contributed by atoms with E-state index in [9.17, 15) is 13.2 Å². The van der Waals surface area contributed by atoms with Crippen LogP contribution in [0.1, 0.15) is 25.1 Å². The van der Waals surface area contributed by atoms with Crippen LogP contribution < -0.4 is 5.73 Å². The molecule has 19 heavy (non-hydrogen) atoms. The van der Waals surface area contributed by atoms with Gasteiger partial charge in [-0.3, -0.25) is 0 Å². The maximum atomic E-state index is 13.7. The van der Waals surface area contributed by atoms with Crippen LogP contribution >= 0.6 is 0 Å². The SMILES string of the molecule is Cc1cc(CC(C)(C)N)c2cc(F)c(F)c(F)c2n1. The van der Waals surface area contributed by atoms with E-state index in [4.69, 9.17) is 5.73 Å². The van der Waals surface area contributed by atoms with Crippen LogP contribution in [0.4, 0.5) is 13.2 Å². The molecule has 2 rings (SSSR count). The molecule has 0 saturated carbocycles. The minimum atomic E-state index is -1.50. The molecule has 102 valence electrons. The zero-order valence-electron chi connectivity index (χ0n) is 11.0. The zero-order valence-corrected chi connectivity index (χ0v) is 11.0. The Balaban J connectivity index is 2.78.